The Hall–Kier alpha value is -12.0. The molecule has 0 atom stereocenters. The Balaban J connectivity index is 0.000000173. The molecule has 0 radical (unpaired) electrons. The van der Waals surface area contributed by atoms with Gasteiger partial charge >= 0.3 is 0 Å². The van der Waals surface area contributed by atoms with Gasteiger partial charge in [0, 0.05) is 74.0 Å². The molecule has 4 nitrogen and oxygen atoms in total. The molecule has 552 valence electrons. The van der Waals surface area contributed by atoms with Crippen molar-refractivity contribution < 1.29 is 0 Å². The fourth-order valence-corrected chi connectivity index (χ4v) is 13.3. The Bertz CT molecular complexity index is 4200. The van der Waals surface area contributed by atoms with Crippen molar-refractivity contribution in [2.24, 2.45) is 0 Å². The average Bonchev–Trinajstić information content (AvgIpc) is 1.69. The van der Waals surface area contributed by atoms with Gasteiger partial charge in [-0.1, -0.05) is 400 Å². The van der Waals surface area contributed by atoms with E-state index < -0.39 is 0 Å². The van der Waals surface area contributed by atoms with Crippen molar-refractivity contribution in [3.05, 3.63) is 421 Å². The first kappa shape index (κ1) is 84.3. The predicted molar refractivity (Wildman–Crippen MR) is 473 cm³/mol. The molecular formula is C105H112N4. The third-order valence-corrected chi connectivity index (χ3v) is 18.0. The molecule has 0 amide bonds. The first-order valence-electron chi connectivity index (χ1n) is 39.7. The van der Waals surface area contributed by atoms with Crippen LogP contribution in [0.2, 0.25) is 0 Å². The lowest BCUT2D eigenvalue weighted by molar-refractivity contribution is 1.12. The lowest BCUT2D eigenvalue weighted by Gasteiger charge is -2.04. The number of fused-ring (bicyclic) bond motifs is 15. The van der Waals surface area contributed by atoms with Gasteiger partial charge in [0.2, 0.25) is 0 Å². The number of benzene rings is 11. The molecule has 0 saturated carbocycles. The van der Waals surface area contributed by atoms with Crippen molar-refractivity contribution in [3.63, 3.8) is 0 Å². The van der Waals surface area contributed by atoms with E-state index in [-0.39, 0.29) is 0 Å². The molecule has 0 N–H and O–H groups in total. The first-order valence-corrected chi connectivity index (χ1v) is 39.7. The number of aromatic nitrogens is 4. The summed E-state index contributed by atoms with van der Waals surface area (Å²) in [5, 5.41) is 0. The summed E-state index contributed by atoms with van der Waals surface area (Å²) < 4.78 is 0. The van der Waals surface area contributed by atoms with Crippen molar-refractivity contribution in [3.8, 4) is 89.0 Å². The third-order valence-electron chi connectivity index (χ3n) is 18.0. The van der Waals surface area contributed by atoms with Gasteiger partial charge in [0.25, 0.3) is 0 Å². The van der Waals surface area contributed by atoms with Crippen LogP contribution in [0.1, 0.15) is 153 Å². The minimum Gasteiger partial charge on any atom is -0.264 e. The molecule has 15 aromatic rings. The van der Waals surface area contributed by atoms with Crippen molar-refractivity contribution in [1.82, 2.24) is 19.9 Å². The molecule has 109 heavy (non-hydrogen) atoms. The Morgan fingerprint density at radius 2 is 0.349 bits per heavy atom. The second kappa shape index (κ2) is 47.6. The van der Waals surface area contributed by atoms with Gasteiger partial charge in [0.1, 0.15) is 0 Å². The van der Waals surface area contributed by atoms with Crippen molar-refractivity contribution in [2.75, 3.05) is 0 Å². The lowest BCUT2D eigenvalue weighted by Crippen LogP contribution is -1.83. The van der Waals surface area contributed by atoms with Crippen LogP contribution in [0.5, 0.6) is 0 Å². The summed E-state index contributed by atoms with van der Waals surface area (Å²) >= 11 is 0. The van der Waals surface area contributed by atoms with E-state index in [0.29, 0.717) is 0 Å². The maximum Gasteiger partial charge on any atom is 0.0525 e. The maximum absolute atomic E-state index is 4.37. The van der Waals surface area contributed by atoms with Crippen molar-refractivity contribution in [2.45, 2.75) is 129 Å². The lowest BCUT2D eigenvalue weighted by atomic mass is 10.0. The maximum atomic E-state index is 4.37. The van der Waals surface area contributed by atoms with Gasteiger partial charge in [-0.2, -0.15) is 0 Å². The second-order valence-corrected chi connectivity index (χ2v) is 23.9. The molecule has 0 unspecified atom stereocenters. The molecule has 0 aliphatic heterocycles. The predicted octanol–water partition coefficient (Wildman–Crippen LogP) is 29.4. The molecule has 0 fully saturated rings. The Morgan fingerprint density at radius 3 is 0.615 bits per heavy atom. The molecule has 4 aromatic heterocycles. The van der Waals surface area contributed by atoms with E-state index in [0.717, 1.165) is 32.1 Å². The molecule has 4 heterocycles. The summed E-state index contributed by atoms with van der Waals surface area (Å²) in [6.07, 6.45) is 16.6. The van der Waals surface area contributed by atoms with Gasteiger partial charge in [-0.25, -0.2) is 0 Å². The van der Waals surface area contributed by atoms with Gasteiger partial charge in [-0.05, 0) is 153 Å². The molecule has 20 rings (SSSR count). The smallest absolute Gasteiger partial charge is 0.0525 e. The normalized spacial score (nSPS) is 10.5. The topological polar surface area (TPSA) is 51.6 Å². The molecule has 0 bridgehead atoms. The summed E-state index contributed by atoms with van der Waals surface area (Å²) in [4.78, 5) is 17.0. The van der Waals surface area contributed by atoms with Gasteiger partial charge in [-0.15, -0.1) is 0 Å². The number of pyridine rings is 4. The zero-order valence-corrected chi connectivity index (χ0v) is 67.0. The Labute approximate surface area is 654 Å². The highest BCUT2D eigenvalue weighted by Crippen LogP contribution is 2.39. The van der Waals surface area contributed by atoms with Gasteiger partial charge in [0.05, 0.1) is 11.4 Å². The number of nitrogens with zero attached hydrogens (tertiary/aromatic N) is 4. The fraction of sp³-hybridized carbons (Fsp3) is 0.181. The van der Waals surface area contributed by atoms with Crippen LogP contribution in [0.4, 0.5) is 0 Å². The summed E-state index contributed by atoms with van der Waals surface area (Å²) in [5.41, 5.74) is 34.9. The molecule has 5 aliphatic carbocycles. The van der Waals surface area contributed by atoms with E-state index in [4.69, 9.17) is 0 Å². The minimum atomic E-state index is 0.992. The second-order valence-electron chi connectivity index (χ2n) is 23.9. The summed E-state index contributed by atoms with van der Waals surface area (Å²) in [6, 6.07) is 114. The number of hydrogen-bond acceptors (Lipinski definition) is 4. The molecule has 0 saturated heterocycles. The van der Waals surface area contributed by atoms with Crippen LogP contribution in [0.15, 0.2) is 365 Å². The fourth-order valence-electron chi connectivity index (χ4n) is 13.3. The van der Waals surface area contributed by atoms with E-state index >= 15 is 0 Å². The Morgan fingerprint density at radius 1 is 0.156 bits per heavy atom. The van der Waals surface area contributed by atoms with E-state index in [1.165, 1.54) is 145 Å². The van der Waals surface area contributed by atoms with Gasteiger partial charge < -0.3 is 0 Å². The highest BCUT2D eigenvalue weighted by atomic mass is 14.7. The summed E-state index contributed by atoms with van der Waals surface area (Å²) in [7, 11) is 0. The molecule has 11 aromatic carbocycles. The quantitative estimate of drug-likeness (QED) is 0.177. The summed E-state index contributed by atoms with van der Waals surface area (Å²) in [5.74, 6) is 0. The highest BCUT2D eigenvalue weighted by molar-refractivity contribution is 5.80. The van der Waals surface area contributed by atoms with Crippen LogP contribution in [0.3, 0.4) is 0 Å². The van der Waals surface area contributed by atoms with Crippen LogP contribution in [-0.2, 0) is 32.1 Å². The summed E-state index contributed by atoms with van der Waals surface area (Å²) in [6.45, 7) is 28.0. The SMILES string of the molecule is CC.CC.CC.CC.CC.CC.CC.c1ccc(-c2ccc(-c3ccccc3)cc2)cc1.c1ccc(-c2ccccc2)cc1.c1ccc2c(c1)Cc1ccccc1-2.c1ccc2c(c1)Cc1cnccc1-2.c1ccc2c(c1)Cc1cnccc1-2.c1ccc2c(c1)Cc1ncccc1-2.c1ccc2c(c1)Cc1ncccc1-2. The van der Waals surface area contributed by atoms with E-state index in [9.17, 15) is 0 Å². The molecule has 5 aliphatic rings. The average molecular weight is 1430 g/mol. The largest absolute Gasteiger partial charge is 0.264 e. The first-order chi connectivity index (χ1) is 54.1. The number of hydrogen-bond donors (Lipinski definition) is 0. The van der Waals surface area contributed by atoms with E-state index in [1.807, 2.05) is 171 Å². The standard InChI is InChI=1S/C18H14.C13H10.4C12H9N.C12H10.7C2H6/c1-3-7-15(8-4-1)17-11-13-18(14-12-17)16-9-5-2-6-10-16;1-3-7-12-10(5-1)9-11-6-2-4-8-13(11)12;2*1-2-5-10-9(4-1)8-12-11(10)6-3-7-13-12;2*1-2-4-11-9(3-1)7-10-8-13-6-5-12(10)11;1-3-7-11(8-4-1)12-9-5-2-6-10-12;7*1-2/h1-14H;1-8H,9H2;2*1-7H,8H2;2*1-6,8H,7H2;1-10H;7*1-2H3. The van der Waals surface area contributed by atoms with Crippen LogP contribution in [0, 0.1) is 0 Å². The molecular weight excluding hydrogens is 1320 g/mol. The van der Waals surface area contributed by atoms with Crippen LogP contribution in [-0.4, -0.2) is 19.9 Å². The van der Waals surface area contributed by atoms with Gasteiger partial charge in [-0.3, -0.25) is 19.9 Å². The Kier molecular flexibility index (Phi) is 36.8. The third kappa shape index (κ3) is 23.0. The minimum absolute atomic E-state index is 0.992. The zero-order valence-electron chi connectivity index (χ0n) is 67.0. The molecule has 0 spiro atoms. The van der Waals surface area contributed by atoms with E-state index in [1.54, 1.807) is 0 Å². The van der Waals surface area contributed by atoms with Crippen molar-refractivity contribution >= 4 is 0 Å². The molecule has 4 heteroatoms. The van der Waals surface area contributed by atoms with Gasteiger partial charge in [0.15, 0.2) is 0 Å². The zero-order chi connectivity index (χ0) is 77.8. The highest BCUT2D eigenvalue weighted by Gasteiger charge is 2.21. The van der Waals surface area contributed by atoms with Crippen LogP contribution in [0.25, 0.3) is 89.0 Å². The van der Waals surface area contributed by atoms with Crippen LogP contribution >= 0.6 is 0 Å². The van der Waals surface area contributed by atoms with Crippen molar-refractivity contribution in [1.29, 1.82) is 0 Å². The number of rotatable bonds is 3. The monoisotopic (exact) mass is 1430 g/mol. The van der Waals surface area contributed by atoms with Crippen LogP contribution < -0.4 is 0 Å². The van der Waals surface area contributed by atoms with E-state index in [2.05, 4.69) is 311 Å².